The van der Waals surface area contributed by atoms with Gasteiger partial charge in [0, 0.05) is 38.3 Å². The SMILES string of the molecule is CCC1CN(C[C@@H]2CN[C@H](C)CN2)C(=O)CO1. The van der Waals surface area contributed by atoms with Gasteiger partial charge in [0.2, 0.25) is 5.91 Å². The Morgan fingerprint density at radius 1 is 1.41 bits per heavy atom. The van der Waals surface area contributed by atoms with Gasteiger partial charge in [-0.3, -0.25) is 4.79 Å². The van der Waals surface area contributed by atoms with Crippen LogP contribution in [0.2, 0.25) is 0 Å². The molecule has 0 aliphatic carbocycles. The number of hydrogen-bond acceptors (Lipinski definition) is 4. The second kappa shape index (κ2) is 5.80. The fourth-order valence-corrected chi connectivity index (χ4v) is 2.33. The summed E-state index contributed by atoms with van der Waals surface area (Å²) in [7, 11) is 0. The van der Waals surface area contributed by atoms with E-state index in [-0.39, 0.29) is 18.6 Å². The summed E-state index contributed by atoms with van der Waals surface area (Å²) in [6.07, 6.45) is 1.18. The third kappa shape index (κ3) is 3.40. The Bertz CT molecular complexity index is 264. The van der Waals surface area contributed by atoms with Crippen molar-refractivity contribution in [3.05, 3.63) is 0 Å². The first-order chi connectivity index (χ1) is 8.19. The molecule has 0 spiro atoms. The zero-order chi connectivity index (χ0) is 12.3. The van der Waals surface area contributed by atoms with E-state index in [1.165, 1.54) is 0 Å². The molecule has 17 heavy (non-hydrogen) atoms. The first-order valence-corrected chi connectivity index (χ1v) is 6.55. The molecule has 1 unspecified atom stereocenters. The van der Waals surface area contributed by atoms with E-state index in [1.54, 1.807) is 0 Å². The Labute approximate surface area is 103 Å². The zero-order valence-corrected chi connectivity index (χ0v) is 10.7. The molecule has 2 fully saturated rings. The topological polar surface area (TPSA) is 53.6 Å². The summed E-state index contributed by atoms with van der Waals surface area (Å²) in [5.74, 6) is 0.120. The molecule has 2 aliphatic heterocycles. The predicted octanol–water partition coefficient (Wildman–Crippen LogP) is -0.426. The highest BCUT2D eigenvalue weighted by atomic mass is 16.5. The second-order valence-electron chi connectivity index (χ2n) is 5.05. The predicted molar refractivity (Wildman–Crippen MR) is 65.9 cm³/mol. The van der Waals surface area contributed by atoms with Gasteiger partial charge >= 0.3 is 0 Å². The maximum absolute atomic E-state index is 11.7. The molecule has 2 N–H and O–H groups in total. The number of hydrogen-bond donors (Lipinski definition) is 2. The van der Waals surface area contributed by atoms with Crippen LogP contribution in [-0.4, -0.2) is 61.8 Å². The van der Waals surface area contributed by atoms with E-state index < -0.39 is 0 Å². The van der Waals surface area contributed by atoms with Crippen molar-refractivity contribution in [2.45, 2.75) is 38.5 Å². The number of carbonyl (C=O) groups is 1. The highest BCUT2D eigenvalue weighted by molar-refractivity contribution is 5.78. The first kappa shape index (κ1) is 12.8. The third-order valence-electron chi connectivity index (χ3n) is 3.54. The maximum atomic E-state index is 11.7. The van der Waals surface area contributed by atoms with Gasteiger partial charge in [0.05, 0.1) is 6.10 Å². The van der Waals surface area contributed by atoms with E-state index in [4.69, 9.17) is 4.74 Å². The molecule has 2 aliphatic rings. The molecule has 2 heterocycles. The van der Waals surface area contributed by atoms with Gasteiger partial charge in [-0.1, -0.05) is 6.92 Å². The molecule has 1 amide bonds. The number of ether oxygens (including phenoxy) is 1. The molecule has 0 aromatic heterocycles. The number of piperazine rings is 1. The van der Waals surface area contributed by atoms with Crippen molar-refractivity contribution in [2.24, 2.45) is 0 Å². The van der Waals surface area contributed by atoms with Crippen LogP contribution in [0, 0.1) is 0 Å². The summed E-state index contributed by atoms with van der Waals surface area (Å²) in [4.78, 5) is 13.7. The van der Waals surface area contributed by atoms with E-state index in [1.807, 2.05) is 4.90 Å². The highest BCUT2D eigenvalue weighted by Crippen LogP contribution is 2.10. The van der Waals surface area contributed by atoms with Crippen LogP contribution in [0.15, 0.2) is 0 Å². The minimum atomic E-state index is 0.120. The number of carbonyl (C=O) groups excluding carboxylic acids is 1. The minimum absolute atomic E-state index is 0.120. The Kier molecular flexibility index (Phi) is 4.36. The van der Waals surface area contributed by atoms with E-state index >= 15 is 0 Å². The molecule has 2 saturated heterocycles. The molecule has 0 radical (unpaired) electrons. The smallest absolute Gasteiger partial charge is 0.248 e. The third-order valence-corrected chi connectivity index (χ3v) is 3.54. The zero-order valence-electron chi connectivity index (χ0n) is 10.7. The van der Waals surface area contributed by atoms with Gasteiger partial charge in [0.15, 0.2) is 0 Å². The van der Waals surface area contributed by atoms with Crippen LogP contribution < -0.4 is 10.6 Å². The Morgan fingerprint density at radius 2 is 2.24 bits per heavy atom. The lowest BCUT2D eigenvalue weighted by molar-refractivity contribution is -0.149. The highest BCUT2D eigenvalue weighted by Gasteiger charge is 2.28. The molecule has 5 nitrogen and oxygen atoms in total. The number of nitrogens with zero attached hydrogens (tertiary/aromatic N) is 1. The van der Waals surface area contributed by atoms with E-state index in [9.17, 15) is 4.79 Å². The van der Waals surface area contributed by atoms with Crippen LogP contribution in [0.3, 0.4) is 0 Å². The van der Waals surface area contributed by atoms with Crippen molar-refractivity contribution in [1.82, 2.24) is 15.5 Å². The second-order valence-corrected chi connectivity index (χ2v) is 5.05. The van der Waals surface area contributed by atoms with Gasteiger partial charge in [0.1, 0.15) is 6.61 Å². The lowest BCUT2D eigenvalue weighted by Gasteiger charge is -2.37. The number of nitrogens with one attached hydrogen (secondary N) is 2. The van der Waals surface area contributed by atoms with Gasteiger partial charge in [-0.05, 0) is 13.3 Å². The van der Waals surface area contributed by atoms with Crippen LogP contribution in [-0.2, 0) is 9.53 Å². The Morgan fingerprint density at radius 3 is 2.88 bits per heavy atom. The summed E-state index contributed by atoms with van der Waals surface area (Å²) in [6.45, 7) is 7.94. The number of rotatable bonds is 3. The lowest BCUT2D eigenvalue weighted by atomic mass is 10.1. The minimum Gasteiger partial charge on any atom is -0.367 e. The maximum Gasteiger partial charge on any atom is 0.248 e. The summed E-state index contributed by atoms with van der Waals surface area (Å²) in [6, 6.07) is 0.890. The summed E-state index contributed by atoms with van der Waals surface area (Å²) < 4.78 is 5.45. The number of amides is 1. The molecule has 0 aromatic carbocycles. The lowest BCUT2D eigenvalue weighted by Crippen LogP contribution is -2.59. The standard InChI is InChI=1S/C12H23N3O2/c1-3-11-7-15(12(16)8-17-11)6-10-5-13-9(2)4-14-10/h9-11,13-14H,3-8H2,1-2H3/t9-,10+,11?/m1/s1. The van der Waals surface area contributed by atoms with E-state index in [2.05, 4.69) is 24.5 Å². The first-order valence-electron chi connectivity index (χ1n) is 6.55. The van der Waals surface area contributed by atoms with Gasteiger partial charge < -0.3 is 20.3 Å². The van der Waals surface area contributed by atoms with Crippen LogP contribution in [0.4, 0.5) is 0 Å². The van der Waals surface area contributed by atoms with Crippen LogP contribution >= 0.6 is 0 Å². The van der Waals surface area contributed by atoms with Crippen molar-refractivity contribution in [3.63, 3.8) is 0 Å². The van der Waals surface area contributed by atoms with Gasteiger partial charge in [-0.15, -0.1) is 0 Å². The van der Waals surface area contributed by atoms with E-state index in [0.29, 0.717) is 12.1 Å². The Balaban J connectivity index is 1.82. The summed E-state index contributed by atoms with van der Waals surface area (Å²) >= 11 is 0. The van der Waals surface area contributed by atoms with Crippen LogP contribution in [0.1, 0.15) is 20.3 Å². The average molecular weight is 241 g/mol. The molecule has 98 valence electrons. The molecule has 0 aromatic rings. The average Bonchev–Trinajstić information content (AvgIpc) is 2.35. The fourth-order valence-electron chi connectivity index (χ4n) is 2.33. The van der Waals surface area contributed by atoms with Crippen molar-refractivity contribution in [2.75, 3.05) is 32.8 Å². The molecule has 5 heteroatoms. The van der Waals surface area contributed by atoms with Crippen molar-refractivity contribution >= 4 is 5.91 Å². The largest absolute Gasteiger partial charge is 0.367 e. The van der Waals surface area contributed by atoms with Crippen molar-refractivity contribution in [3.8, 4) is 0 Å². The van der Waals surface area contributed by atoms with Crippen molar-refractivity contribution < 1.29 is 9.53 Å². The molecular weight excluding hydrogens is 218 g/mol. The molecule has 0 bridgehead atoms. The Hall–Kier alpha value is -0.650. The van der Waals surface area contributed by atoms with E-state index in [0.717, 1.165) is 32.6 Å². The number of morpholine rings is 1. The van der Waals surface area contributed by atoms with Gasteiger partial charge in [-0.25, -0.2) is 0 Å². The van der Waals surface area contributed by atoms with Crippen LogP contribution in [0.25, 0.3) is 0 Å². The monoisotopic (exact) mass is 241 g/mol. The molecule has 2 rings (SSSR count). The quantitative estimate of drug-likeness (QED) is 0.704. The summed E-state index contributed by atoms with van der Waals surface area (Å²) in [5, 5.41) is 6.90. The molecular formula is C12H23N3O2. The van der Waals surface area contributed by atoms with Gasteiger partial charge in [0.25, 0.3) is 0 Å². The van der Waals surface area contributed by atoms with Crippen LogP contribution in [0.5, 0.6) is 0 Å². The van der Waals surface area contributed by atoms with Crippen molar-refractivity contribution in [1.29, 1.82) is 0 Å². The van der Waals surface area contributed by atoms with Gasteiger partial charge in [-0.2, -0.15) is 0 Å². The normalized spacial score (nSPS) is 35.1. The summed E-state index contributed by atoms with van der Waals surface area (Å²) in [5.41, 5.74) is 0. The molecule has 3 atom stereocenters. The fraction of sp³-hybridized carbons (Fsp3) is 0.917. The molecule has 0 saturated carbocycles.